The highest BCUT2D eigenvalue weighted by Gasteiger charge is 2.82. The van der Waals surface area contributed by atoms with Gasteiger partial charge in [-0.3, -0.25) is 4.79 Å². The van der Waals surface area contributed by atoms with Crippen LogP contribution >= 0.6 is 0 Å². The first kappa shape index (κ1) is 21.1. The molecule has 0 amide bonds. The molecule has 0 radical (unpaired) electrons. The van der Waals surface area contributed by atoms with E-state index in [1.807, 2.05) is 0 Å². The standard InChI is InChI=1S/C28H44O2/c1-8-18(2)20-11-13-26(7)22-10-9-21-24(4,5)23(30-19(3)29)12-14-27(21)17-28(22,27)16-15-25(20,26)6/h8,20-23H,9-17H2,1-7H3/b18-8+/t20-,21?,22?,23+,25-,26+,27-,28+/m1/s1. The van der Waals surface area contributed by atoms with Crippen molar-refractivity contribution in [2.75, 3.05) is 0 Å². The van der Waals surface area contributed by atoms with E-state index >= 15 is 0 Å². The largest absolute Gasteiger partial charge is 0.462 e. The zero-order valence-electron chi connectivity index (χ0n) is 20.6. The lowest BCUT2D eigenvalue weighted by Gasteiger charge is -2.63. The van der Waals surface area contributed by atoms with Crippen molar-refractivity contribution in [3.8, 4) is 0 Å². The maximum absolute atomic E-state index is 11.8. The van der Waals surface area contributed by atoms with E-state index in [9.17, 15) is 4.79 Å². The van der Waals surface area contributed by atoms with Crippen LogP contribution in [0.25, 0.3) is 0 Å². The number of ether oxygens (including phenoxy) is 1. The molecule has 0 heterocycles. The molecule has 2 heteroatoms. The number of esters is 1. The van der Waals surface area contributed by atoms with E-state index in [1.165, 1.54) is 51.4 Å². The third kappa shape index (κ3) is 2.25. The quantitative estimate of drug-likeness (QED) is 0.351. The van der Waals surface area contributed by atoms with Crippen LogP contribution < -0.4 is 0 Å². The van der Waals surface area contributed by atoms with Gasteiger partial charge in [0.1, 0.15) is 6.10 Å². The summed E-state index contributed by atoms with van der Waals surface area (Å²) in [6, 6.07) is 0. The summed E-state index contributed by atoms with van der Waals surface area (Å²) in [5.74, 6) is 2.31. The predicted octanol–water partition coefficient (Wildman–Crippen LogP) is 7.32. The highest BCUT2D eigenvalue weighted by Crippen LogP contribution is 2.89. The fourth-order valence-corrected chi connectivity index (χ4v) is 10.7. The Bertz CT molecular complexity index is 794. The number of hydrogen-bond donors (Lipinski definition) is 0. The maximum Gasteiger partial charge on any atom is 0.302 e. The van der Waals surface area contributed by atoms with Crippen LogP contribution in [-0.2, 0) is 9.53 Å². The number of rotatable bonds is 2. The van der Waals surface area contributed by atoms with Crippen LogP contribution in [0.3, 0.4) is 0 Å². The van der Waals surface area contributed by atoms with Crippen molar-refractivity contribution in [3.05, 3.63) is 11.6 Å². The molecule has 5 rings (SSSR count). The van der Waals surface area contributed by atoms with E-state index in [2.05, 4.69) is 47.6 Å². The summed E-state index contributed by atoms with van der Waals surface area (Å²) in [5.41, 5.74) is 3.83. The van der Waals surface area contributed by atoms with Crippen LogP contribution in [0.2, 0.25) is 0 Å². The fourth-order valence-electron chi connectivity index (χ4n) is 10.7. The Morgan fingerprint density at radius 2 is 1.50 bits per heavy atom. The van der Waals surface area contributed by atoms with Crippen LogP contribution in [0, 0.1) is 44.8 Å². The van der Waals surface area contributed by atoms with Gasteiger partial charge in [-0.25, -0.2) is 0 Å². The molecule has 5 aliphatic rings. The summed E-state index contributed by atoms with van der Waals surface area (Å²) in [4.78, 5) is 11.8. The first-order valence-corrected chi connectivity index (χ1v) is 12.8. The second kappa shape index (κ2) is 6.16. The molecule has 5 fully saturated rings. The Morgan fingerprint density at radius 3 is 2.17 bits per heavy atom. The molecule has 0 saturated heterocycles. The monoisotopic (exact) mass is 412 g/mol. The second-order valence-electron chi connectivity index (χ2n) is 13.1. The molecule has 0 N–H and O–H groups in total. The minimum atomic E-state index is -0.0967. The lowest BCUT2D eigenvalue weighted by atomic mass is 9.42. The average Bonchev–Trinajstić information content (AvgIpc) is 3.26. The lowest BCUT2D eigenvalue weighted by Crippen LogP contribution is -2.57. The Labute approximate surface area is 184 Å². The lowest BCUT2D eigenvalue weighted by molar-refractivity contribution is -0.179. The molecule has 2 nitrogen and oxygen atoms in total. The van der Waals surface area contributed by atoms with Crippen LogP contribution in [-0.4, -0.2) is 12.1 Å². The van der Waals surface area contributed by atoms with Crippen LogP contribution in [0.1, 0.15) is 106 Å². The van der Waals surface area contributed by atoms with Crippen LogP contribution in [0.5, 0.6) is 0 Å². The molecule has 2 spiro atoms. The minimum absolute atomic E-state index is 0.0967. The molecule has 168 valence electrons. The van der Waals surface area contributed by atoms with Crippen molar-refractivity contribution < 1.29 is 9.53 Å². The van der Waals surface area contributed by atoms with Crippen molar-refractivity contribution in [1.82, 2.24) is 0 Å². The van der Waals surface area contributed by atoms with E-state index in [0.717, 1.165) is 24.2 Å². The van der Waals surface area contributed by atoms with Gasteiger partial charge in [-0.1, -0.05) is 39.3 Å². The van der Waals surface area contributed by atoms with E-state index in [-0.39, 0.29) is 17.5 Å². The molecule has 2 unspecified atom stereocenters. The molecule has 30 heavy (non-hydrogen) atoms. The van der Waals surface area contributed by atoms with Gasteiger partial charge >= 0.3 is 5.97 Å². The summed E-state index contributed by atoms with van der Waals surface area (Å²) in [7, 11) is 0. The Balaban J connectivity index is 1.48. The molecule has 5 aliphatic carbocycles. The van der Waals surface area contributed by atoms with E-state index in [0.29, 0.717) is 21.7 Å². The molecule has 0 aliphatic heterocycles. The van der Waals surface area contributed by atoms with E-state index in [1.54, 1.807) is 12.5 Å². The van der Waals surface area contributed by atoms with E-state index in [4.69, 9.17) is 4.74 Å². The molecule has 5 saturated carbocycles. The van der Waals surface area contributed by atoms with Gasteiger partial charge in [0.15, 0.2) is 0 Å². The molecule has 0 aromatic carbocycles. The number of hydrogen-bond acceptors (Lipinski definition) is 2. The molecule has 0 bridgehead atoms. The Hall–Kier alpha value is -0.790. The SMILES string of the molecule is C/C=C(\C)[C@H]1CC[C@@]2(C)C3CCC4C(C)(C)[C@@H](OC(C)=O)CC[C@@]45C[C@@]35CC[C@]12C. The highest BCUT2D eigenvalue weighted by molar-refractivity contribution is 5.66. The second-order valence-corrected chi connectivity index (χ2v) is 13.1. The maximum atomic E-state index is 11.8. The predicted molar refractivity (Wildman–Crippen MR) is 122 cm³/mol. The summed E-state index contributed by atoms with van der Waals surface area (Å²) in [6.07, 6.45) is 14.7. The number of fused-ring (bicyclic) bond motifs is 2. The number of carbonyl (C=O) groups excluding carboxylic acids is 1. The van der Waals surface area contributed by atoms with Crippen molar-refractivity contribution in [2.24, 2.45) is 44.8 Å². The summed E-state index contributed by atoms with van der Waals surface area (Å²) < 4.78 is 5.87. The topological polar surface area (TPSA) is 26.3 Å². The minimum Gasteiger partial charge on any atom is -0.462 e. The van der Waals surface area contributed by atoms with Crippen molar-refractivity contribution in [3.63, 3.8) is 0 Å². The van der Waals surface area contributed by atoms with Gasteiger partial charge < -0.3 is 4.74 Å². The van der Waals surface area contributed by atoms with Gasteiger partial charge in [0.05, 0.1) is 0 Å². The van der Waals surface area contributed by atoms with Crippen molar-refractivity contribution in [2.45, 2.75) is 112 Å². The zero-order valence-corrected chi connectivity index (χ0v) is 20.6. The normalized spacial score (nSPS) is 53.8. The molecule has 0 aromatic rings. The molecular formula is C28H44O2. The summed E-state index contributed by atoms with van der Waals surface area (Å²) >= 11 is 0. The first-order valence-electron chi connectivity index (χ1n) is 12.8. The van der Waals surface area contributed by atoms with Crippen molar-refractivity contribution >= 4 is 5.97 Å². The molecule has 0 aromatic heterocycles. The van der Waals surface area contributed by atoms with Gasteiger partial charge in [-0.15, -0.1) is 0 Å². The number of carbonyl (C=O) groups is 1. The highest BCUT2D eigenvalue weighted by atomic mass is 16.5. The summed E-state index contributed by atoms with van der Waals surface area (Å²) in [6.45, 7) is 16.4. The fraction of sp³-hybridized carbons (Fsp3) is 0.893. The van der Waals surface area contributed by atoms with Crippen LogP contribution in [0.4, 0.5) is 0 Å². The Morgan fingerprint density at radius 1 is 0.833 bits per heavy atom. The zero-order chi connectivity index (χ0) is 21.7. The third-order valence-corrected chi connectivity index (χ3v) is 12.4. The summed E-state index contributed by atoms with van der Waals surface area (Å²) in [5, 5.41) is 0. The van der Waals surface area contributed by atoms with Gasteiger partial charge in [0.2, 0.25) is 0 Å². The molecule has 8 atom stereocenters. The van der Waals surface area contributed by atoms with Gasteiger partial charge in [-0.2, -0.15) is 0 Å². The van der Waals surface area contributed by atoms with Crippen molar-refractivity contribution in [1.29, 1.82) is 0 Å². The van der Waals surface area contributed by atoms with Crippen LogP contribution in [0.15, 0.2) is 11.6 Å². The molecular weight excluding hydrogens is 368 g/mol. The van der Waals surface area contributed by atoms with E-state index < -0.39 is 0 Å². The smallest absolute Gasteiger partial charge is 0.302 e. The van der Waals surface area contributed by atoms with Gasteiger partial charge in [0, 0.05) is 12.3 Å². The third-order valence-electron chi connectivity index (χ3n) is 12.4. The Kier molecular flexibility index (Phi) is 4.33. The first-order chi connectivity index (χ1) is 14.0. The number of allylic oxidation sites excluding steroid dienone is 2. The van der Waals surface area contributed by atoms with Gasteiger partial charge in [-0.05, 0) is 111 Å². The van der Waals surface area contributed by atoms with Gasteiger partial charge in [0.25, 0.3) is 0 Å². The average molecular weight is 413 g/mol.